The number of nitrogens with one attached hydrogen (secondary N) is 1. The molecule has 0 amide bonds. The molecule has 9 aromatic rings. The quantitative estimate of drug-likeness (QED) is 0.197. The number of para-hydroxylation sites is 1. The number of amidine groups is 2. The molecule has 230 valence electrons. The number of fused-ring (bicyclic) bond motifs is 7. The molecular weight excluding hydrogens is 599 g/mol. The topological polar surface area (TPSA) is 49.9 Å². The molecule has 0 fully saturated rings. The smallest absolute Gasteiger partial charge is 0.159 e. The van der Waals surface area contributed by atoms with Gasteiger partial charge in [-0.2, -0.15) is 0 Å². The summed E-state index contributed by atoms with van der Waals surface area (Å²) in [5.74, 6) is 1.51. The summed E-state index contributed by atoms with van der Waals surface area (Å²) in [4.78, 5) is 10.4. The van der Waals surface area contributed by atoms with Gasteiger partial charge in [-0.3, -0.25) is 0 Å². The lowest BCUT2D eigenvalue weighted by Gasteiger charge is -2.25. The van der Waals surface area contributed by atoms with Crippen LogP contribution in [0.15, 0.2) is 178 Å². The normalized spacial score (nSPS) is 14.7. The van der Waals surface area contributed by atoms with Gasteiger partial charge in [0.15, 0.2) is 5.84 Å². The number of furan rings is 1. The van der Waals surface area contributed by atoms with Crippen LogP contribution in [0.2, 0.25) is 0 Å². The lowest BCUT2D eigenvalue weighted by molar-refractivity contribution is 0.669. The van der Waals surface area contributed by atoms with E-state index in [-0.39, 0.29) is 6.17 Å². The molecule has 1 aliphatic heterocycles. The van der Waals surface area contributed by atoms with Crippen molar-refractivity contribution in [3.63, 3.8) is 0 Å². The van der Waals surface area contributed by atoms with Crippen LogP contribution in [0, 0.1) is 0 Å². The van der Waals surface area contributed by atoms with Crippen LogP contribution in [0.5, 0.6) is 0 Å². The number of hydrogen-bond donors (Lipinski definition) is 1. The summed E-state index contributed by atoms with van der Waals surface area (Å²) < 4.78 is 6.26. The van der Waals surface area contributed by atoms with Gasteiger partial charge in [0.1, 0.15) is 23.2 Å². The Kier molecular flexibility index (Phi) is 6.21. The summed E-state index contributed by atoms with van der Waals surface area (Å²) in [5.41, 5.74) is 7.21. The van der Waals surface area contributed by atoms with Crippen molar-refractivity contribution >= 4 is 65.9 Å². The molecule has 1 aliphatic rings. The molecule has 0 saturated carbocycles. The Bertz CT molecular complexity index is 2810. The molecule has 0 saturated heterocycles. The molecule has 0 aliphatic carbocycles. The van der Waals surface area contributed by atoms with Crippen LogP contribution in [0.3, 0.4) is 0 Å². The summed E-state index contributed by atoms with van der Waals surface area (Å²) in [5, 5.41) is 13.1. The standard InChI is InChI=1S/C45H29N3O/c1-2-12-29(13-3-1)43-46-44(31-25-26-33-30(27-31)24-23-28-11-4-5-14-32(28)33)48-45(47-43)38-20-9-16-34-35(17-8-18-36(34)38)37-19-10-22-41-42(37)39-15-6-7-21-40(39)49-41/h1-27,45H,(H,46,47,48). The largest absolute Gasteiger partial charge is 0.456 e. The number of benzene rings is 8. The van der Waals surface area contributed by atoms with Crippen LogP contribution in [0.1, 0.15) is 22.9 Å². The van der Waals surface area contributed by atoms with E-state index >= 15 is 0 Å². The van der Waals surface area contributed by atoms with Crippen molar-refractivity contribution in [2.24, 2.45) is 9.98 Å². The van der Waals surface area contributed by atoms with E-state index in [0.717, 1.165) is 66.4 Å². The van der Waals surface area contributed by atoms with E-state index in [2.05, 4.69) is 139 Å². The van der Waals surface area contributed by atoms with E-state index in [1.165, 1.54) is 21.5 Å². The highest BCUT2D eigenvalue weighted by Crippen LogP contribution is 2.40. The molecule has 0 spiro atoms. The van der Waals surface area contributed by atoms with Gasteiger partial charge in [-0.15, -0.1) is 0 Å². The van der Waals surface area contributed by atoms with Gasteiger partial charge in [0.2, 0.25) is 0 Å². The summed E-state index contributed by atoms with van der Waals surface area (Å²) in [6, 6.07) is 57.5. The Hall–Kier alpha value is -6.52. The van der Waals surface area contributed by atoms with Crippen molar-refractivity contribution in [3.8, 4) is 11.1 Å². The third-order valence-corrected chi connectivity index (χ3v) is 9.74. The average molecular weight is 628 g/mol. The highest BCUT2D eigenvalue weighted by atomic mass is 16.3. The third kappa shape index (κ3) is 4.53. The molecule has 1 aromatic heterocycles. The van der Waals surface area contributed by atoms with Crippen molar-refractivity contribution in [2.75, 3.05) is 0 Å². The Morgan fingerprint density at radius 2 is 1.16 bits per heavy atom. The van der Waals surface area contributed by atoms with Gasteiger partial charge in [0.25, 0.3) is 0 Å². The summed E-state index contributed by atoms with van der Waals surface area (Å²) in [6.07, 6.45) is -0.348. The first-order valence-corrected chi connectivity index (χ1v) is 16.6. The number of rotatable bonds is 4. The average Bonchev–Trinajstić information content (AvgIpc) is 3.56. The van der Waals surface area contributed by atoms with E-state index < -0.39 is 0 Å². The van der Waals surface area contributed by atoms with Crippen molar-refractivity contribution < 1.29 is 4.42 Å². The highest BCUT2D eigenvalue weighted by Gasteiger charge is 2.24. The van der Waals surface area contributed by atoms with E-state index in [4.69, 9.17) is 14.4 Å². The molecule has 2 heterocycles. The fourth-order valence-corrected chi connectivity index (χ4v) is 7.44. The van der Waals surface area contributed by atoms with Crippen LogP contribution in [-0.4, -0.2) is 11.7 Å². The Balaban J connectivity index is 1.14. The molecule has 49 heavy (non-hydrogen) atoms. The zero-order valence-corrected chi connectivity index (χ0v) is 26.5. The van der Waals surface area contributed by atoms with E-state index in [0.29, 0.717) is 5.84 Å². The van der Waals surface area contributed by atoms with Crippen LogP contribution in [0.25, 0.3) is 65.4 Å². The first-order chi connectivity index (χ1) is 24.3. The summed E-state index contributed by atoms with van der Waals surface area (Å²) in [6.45, 7) is 0. The summed E-state index contributed by atoms with van der Waals surface area (Å²) >= 11 is 0. The first-order valence-electron chi connectivity index (χ1n) is 16.6. The summed E-state index contributed by atoms with van der Waals surface area (Å²) in [7, 11) is 0. The van der Waals surface area contributed by atoms with Gasteiger partial charge < -0.3 is 9.73 Å². The Morgan fingerprint density at radius 1 is 0.469 bits per heavy atom. The predicted octanol–water partition coefficient (Wildman–Crippen LogP) is 11.2. The second kappa shape index (κ2) is 11.0. The fraction of sp³-hybridized carbons (Fsp3) is 0.0222. The van der Waals surface area contributed by atoms with Crippen LogP contribution < -0.4 is 5.32 Å². The molecule has 4 nitrogen and oxygen atoms in total. The molecule has 0 bridgehead atoms. The second-order valence-corrected chi connectivity index (χ2v) is 12.6. The molecular formula is C45H29N3O. The molecule has 1 N–H and O–H groups in total. The van der Waals surface area contributed by atoms with Gasteiger partial charge in [0, 0.05) is 27.5 Å². The predicted molar refractivity (Wildman–Crippen MR) is 204 cm³/mol. The minimum atomic E-state index is -0.348. The highest BCUT2D eigenvalue weighted by molar-refractivity contribution is 6.17. The molecule has 0 radical (unpaired) electrons. The Labute approximate surface area is 282 Å². The van der Waals surface area contributed by atoms with E-state index in [9.17, 15) is 0 Å². The van der Waals surface area contributed by atoms with Crippen molar-refractivity contribution in [2.45, 2.75) is 6.17 Å². The maximum atomic E-state index is 6.26. The number of hydrogen-bond acceptors (Lipinski definition) is 4. The van der Waals surface area contributed by atoms with Crippen molar-refractivity contribution in [1.82, 2.24) is 5.32 Å². The zero-order valence-electron chi connectivity index (χ0n) is 26.5. The molecule has 8 aromatic carbocycles. The Morgan fingerprint density at radius 3 is 2.10 bits per heavy atom. The maximum Gasteiger partial charge on any atom is 0.159 e. The van der Waals surface area contributed by atoms with E-state index in [1.807, 2.05) is 30.3 Å². The van der Waals surface area contributed by atoms with Gasteiger partial charge in [-0.05, 0) is 61.6 Å². The lowest BCUT2D eigenvalue weighted by Crippen LogP contribution is -2.33. The molecule has 1 unspecified atom stereocenters. The zero-order chi connectivity index (χ0) is 32.3. The van der Waals surface area contributed by atoms with Crippen molar-refractivity contribution in [3.05, 3.63) is 180 Å². The minimum Gasteiger partial charge on any atom is -0.456 e. The molecule has 10 rings (SSSR count). The van der Waals surface area contributed by atoms with Gasteiger partial charge in [0.05, 0.1) is 0 Å². The van der Waals surface area contributed by atoms with Crippen LogP contribution in [-0.2, 0) is 0 Å². The number of nitrogens with zero attached hydrogens (tertiary/aromatic N) is 2. The monoisotopic (exact) mass is 627 g/mol. The van der Waals surface area contributed by atoms with Crippen LogP contribution >= 0.6 is 0 Å². The van der Waals surface area contributed by atoms with Crippen molar-refractivity contribution in [1.29, 1.82) is 0 Å². The minimum absolute atomic E-state index is 0.348. The van der Waals surface area contributed by atoms with Crippen LogP contribution in [0.4, 0.5) is 0 Å². The SMILES string of the molecule is c1ccc(C2=NC(c3ccc4c(ccc5ccccc54)c3)=NC(c3cccc4c(-c5cccc6oc7ccccc7c56)cccc34)N2)cc1. The molecule has 4 heteroatoms. The van der Waals surface area contributed by atoms with Gasteiger partial charge >= 0.3 is 0 Å². The lowest BCUT2D eigenvalue weighted by atomic mass is 9.92. The van der Waals surface area contributed by atoms with Gasteiger partial charge in [-0.1, -0.05) is 146 Å². The molecule has 1 atom stereocenters. The number of aliphatic imine (C=N–C) groups is 2. The second-order valence-electron chi connectivity index (χ2n) is 12.6. The third-order valence-electron chi connectivity index (χ3n) is 9.74. The maximum absolute atomic E-state index is 6.26. The van der Waals surface area contributed by atoms with Gasteiger partial charge in [-0.25, -0.2) is 9.98 Å². The first kappa shape index (κ1) is 27.6. The fourth-order valence-electron chi connectivity index (χ4n) is 7.44. The van der Waals surface area contributed by atoms with E-state index in [1.54, 1.807) is 0 Å².